The van der Waals surface area contributed by atoms with E-state index in [-0.39, 0.29) is 11.8 Å². The molecule has 6 heteroatoms. The number of nitrogens with two attached hydrogens (primary N) is 1. The van der Waals surface area contributed by atoms with E-state index in [1.807, 2.05) is 18.9 Å². The van der Waals surface area contributed by atoms with Crippen LogP contribution in [0.3, 0.4) is 0 Å². The molecular formula is C14H24N2O3S. The molecule has 1 aromatic rings. The number of likely N-dealkylation sites (N-methyl/N-ethyl adjacent to an activating group) is 1. The summed E-state index contributed by atoms with van der Waals surface area (Å²) in [6, 6.07) is 6.94. The SMILES string of the molecule is COCC(C)N(C)CCS(=O)(=O)c1ccc(CN)cc1. The molecule has 5 nitrogen and oxygen atoms in total. The second kappa shape index (κ2) is 7.73. The molecule has 1 unspecified atom stereocenters. The Bertz CT molecular complexity index is 500. The van der Waals surface area contributed by atoms with E-state index in [0.29, 0.717) is 24.6 Å². The molecular weight excluding hydrogens is 276 g/mol. The number of methoxy groups -OCH3 is 1. The predicted octanol–water partition coefficient (Wildman–Crippen LogP) is 0.886. The van der Waals surface area contributed by atoms with E-state index < -0.39 is 9.84 Å². The van der Waals surface area contributed by atoms with E-state index in [2.05, 4.69) is 0 Å². The lowest BCUT2D eigenvalue weighted by Crippen LogP contribution is -2.36. The van der Waals surface area contributed by atoms with Crippen LogP contribution < -0.4 is 5.73 Å². The fraction of sp³-hybridized carbons (Fsp3) is 0.571. The Hall–Kier alpha value is -0.950. The molecule has 114 valence electrons. The van der Waals surface area contributed by atoms with E-state index >= 15 is 0 Å². The second-order valence-corrected chi connectivity index (χ2v) is 7.06. The molecule has 0 aliphatic carbocycles. The van der Waals surface area contributed by atoms with Gasteiger partial charge in [-0.1, -0.05) is 12.1 Å². The first-order valence-corrected chi connectivity index (χ1v) is 8.27. The number of rotatable bonds is 8. The van der Waals surface area contributed by atoms with Crippen LogP contribution in [-0.2, 0) is 21.1 Å². The Morgan fingerprint density at radius 3 is 2.40 bits per heavy atom. The molecule has 0 heterocycles. The van der Waals surface area contributed by atoms with Gasteiger partial charge in [0.2, 0.25) is 0 Å². The summed E-state index contributed by atoms with van der Waals surface area (Å²) in [5.41, 5.74) is 6.43. The van der Waals surface area contributed by atoms with E-state index in [0.717, 1.165) is 5.56 Å². The Kier molecular flexibility index (Phi) is 6.61. The largest absolute Gasteiger partial charge is 0.383 e. The number of hydrogen-bond acceptors (Lipinski definition) is 5. The Balaban J connectivity index is 2.65. The third-order valence-electron chi connectivity index (χ3n) is 3.39. The molecule has 0 fully saturated rings. The summed E-state index contributed by atoms with van der Waals surface area (Å²) < 4.78 is 29.5. The van der Waals surface area contributed by atoms with Crippen LogP contribution in [0, 0.1) is 0 Å². The lowest BCUT2D eigenvalue weighted by molar-refractivity contribution is 0.119. The molecule has 0 spiro atoms. The van der Waals surface area contributed by atoms with E-state index in [4.69, 9.17) is 10.5 Å². The molecule has 0 aromatic heterocycles. The fourth-order valence-corrected chi connectivity index (χ4v) is 3.12. The zero-order valence-corrected chi connectivity index (χ0v) is 13.2. The predicted molar refractivity (Wildman–Crippen MR) is 80.4 cm³/mol. The van der Waals surface area contributed by atoms with Gasteiger partial charge in [0.15, 0.2) is 9.84 Å². The molecule has 1 aromatic carbocycles. The average Bonchev–Trinajstić information content (AvgIpc) is 2.45. The van der Waals surface area contributed by atoms with Crippen molar-refractivity contribution in [2.45, 2.75) is 24.4 Å². The summed E-state index contributed by atoms with van der Waals surface area (Å²) >= 11 is 0. The number of hydrogen-bond donors (Lipinski definition) is 1. The number of nitrogens with zero attached hydrogens (tertiary/aromatic N) is 1. The van der Waals surface area contributed by atoms with Crippen LogP contribution in [0.2, 0.25) is 0 Å². The van der Waals surface area contributed by atoms with Crippen LogP contribution in [0.1, 0.15) is 12.5 Å². The summed E-state index contributed by atoms with van der Waals surface area (Å²) in [7, 11) is 0.286. The monoisotopic (exact) mass is 300 g/mol. The first-order valence-electron chi connectivity index (χ1n) is 6.61. The molecule has 0 bridgehead atoms. The maximum atomic E-state index is 12.2. The molecule has 20 heavy (non-hydrogen) atoms. The van der Waals surface area contributed by atoms with Crippen molar-refractivity contribution in [3.8, 4) is 0 Å². The molecule has 0 saturated carbocycles. The highest BCUT2D eigenvalue weighted by molar-refractivity contribution is 7.91. The highest BCUT2D eigenvalue weighted by atomic mass is 32.2. The maximum Gasteiger partial charge on any atom is 0.179 e. The Morgan fingerprint density at radius 1 is 1.30 bits per heavy atom. The van der Waals surface area contributed by atoms with Crippen molar-refractivity contribution in [3.63, 3.8) is 0 Å². The minimum absolute atomic E-state index is 0.0968. The van der Waals surface area contributed by atoms with Crippen molar-refractivity contribution in [1.29, 1.82) is 0 Å². The minimum atomic E-state index is -3.25. The van der Waals surface area contributed by atoms with Gasteiger partial charge in [0, 0.05) is 26.2 Å². The van der Waals surface area contributed by atoms with Crippen molar-refractivity contribution in [2.75, 3.05) is 33.1 Å². The van der Waals surface area contributed by atoms with Crippen LogP contribution in [0.5, 0.6) is 0 Å². The van der Waals surface area contributed by atoms with Gasteiger partial charge in [-0.2, -0.15) is 0 Å². The van der Waals surface area contributed by atoms with Crippen molar-refractivity contribution in [2.24, 2.45) is 5.73 Å². The average molecular weight is 300 g/mol. The zero-order valence-electron chi connectivity index (χ0n) is 12.4. The van der Waals surface area contributed by atoms with Gasteiger partial charge in [-0.25, -0.2) is 8.42 Å². The highest BCUT2D eigenvalue weighted by Crippen LogP contribution is 2.13. The number of sulfone groups is 1. The van der Waals surface area contributed by atoms with Crippen molar-refractivity contribution >= 4 is 9.84 Å². The van der Waals surface area contributed by atoms with Gasteiger partial charge in [-0.15, -0.1) is 0 Å². The summed E-state index contributed by atoms with van der Waals surface area (Å²) in [5.74, 6) is 0.0968. The quantitative estimate of drug-likeness (QED) is 0.772. The third-order valence-corrected chi connectivity index (χ3v) is 5.10. The molecule has 0 radical (unpaired) electrons. The molecule has 0 amide bonds. The van der Waals surface area contributed by atoms with Crippen molar-refractivity contribution < 1.29 is 13.2 Å². The molecule has 0 aliphatic heterocycles. The Labute approximate surface area is 121 Å². The molecule has 0 aliphatic rings. The third kappa shape index (κ3) is 4.86. The minimum Gasteiger partial charge on any atom is -0.383 e. The number of benzene rings is 1. The summed E-state index contributed by atoms with van der Waals surface area (Å²) in [4.78, 5) is 2.33. The first kappa shape index (κ1) is 17.1. The lowest BCUT2D eigenvalue weighted by atomic mass is 10.2. The van der Waals surface area contributed by atoms with E-state index in [1.54, 1.807) is 31.4 Å². The zero-order chi connectivity index (χ0) is 15.2. The maximum absolute atomic E-state index is 12.2. The van der Waals surface area contributed by atoms with Gasteiger partial charge in [0.25, 0.3) is 0 Å². The van der Waals surface area contributed by atoms with E-state index in [1.165, 1.54) is 0 Å². The van der Waals surface area contributed by atoms with E-state index in [9.17, 15) is 8.42 Å². The van der Waals surface area contributed by atoms with Crippen LogP contribution in [0.4, 0.5) is 0 Å². The lowest BCUT2D eigenvalue weighted by Gasteiger charge is -2.23. The molecule has 1 atom stereocenters. The standard InChI is InChI=1S/C14H24N2O3S/c1-12(11-19-3)16(2)8-9-20(17,18)14-6-4-13(10-15)5-7-14/h4-7,12H,8-11,15H2,1-3H3. The molecule has 2 N–H and O–H groups in total. The van der Waals surface area contributed by atoms with Gasteiger partial charge in [0.05, 0.1) is 17.3 Å². The summed E-state index contributed by atoms with van der Waals surface area (Å²) in [6.07, 6.45) is 0. The van der Waals surface area contributed by atoms with Gasteiger partial charge in [-0.3, -0.25) is 0 Å². The van der Waals surface area contributed by atoms with Crippen molar-refractivity contribution in [3.05, 3.63) is 29.8 Å². The van der Waals surface area contributed by atoms with Crippen molar-refractivity contribution in [1.82, 2.24) is 4.90 Å². The Morgan fingerprint density at radius 2 is 1.90 bits per heavy atom. The van der Waals surface area contributed by atoms with Crippen LogP contribution in [0.15, 0.2) is 29.2 Å². The summed E-state index contributed by atoms with van der Waals surface area (Å²) in [6.45, 7) is 3.48. The van der Waals surface area contributed by atoms with Crippen LogP contribution in [-0.4, -0.2) is 52.4 Å². The normalized spacial score (nSPS) is 13.7. The highest BCUT2D eigenvalue weighted by Gasteiger charge is 2.17. The first-order chi connectivity index (χ1) is 9.40. The van der Waals surface area contributed by atoms with Crippen LogP contribution in [0.25, 0.3) is 0 Å². The summed E-state index contributed by atoms with van der Waals surface area (Å²) in [5, 5.41) is 0. The topological polar surface area (TPSA) is 72.6 Å². The van der Waals surface area contributed by atoms with Gasteiger partial charge < -0.3 is 15.4 Å². The smallest absolute Gasteiger partial charge is 0.179 e. The van der Waals surface area contributed by atoms with Crippen LogP contribution >= 0.6 is 0 Å². The molecule has 0 saturated heterocycles. The second-order valence-electron chi connectivity index (χ2n) is 4.95. The molecule has 1 rings (SSSR count). The van der Waals surface area contributed by atoms with Gasteiger partial charge >= 0.3 is 0 Å². The van der Waals surface area contributed by atoms with Gasteiger partial charge in [-0.05, 0) is 31.7 Å². The van der Waals surface area contributed by atoms with Gasteiger partial charge in [0.1, 0.15) is 0 Å². The fourth-order valence-electron chi connectivity index (χ4n) is 1.80. The number of ether oxygens (including phenoxy) is 1.